The monoisotopic (exact) mass is 164 g/mol. The average Bonchev–Trinajstić information content (AvgIpc) is 2.37. The number of hydrogen-bond acceptors (Lipinski definition) is 1. The lowest BCUT2D eigenvalue weighted by atomic mass is 9.72. The highest BCUT2D eigenvalue weighted by atomic mass is 16.1. The van der Waals surface area contributed by atoms with Crippen LogP contribution in [0.25, 0.3) is 0 Å². The molecule has 0 heterocycles. The summed E-state index contributed by atoms with van der Waals surface area (Å²) in [5.41, 5.74) is 0.951. The zero-order valence-corrected chi connectivity index (χ0v) is 7.57. The van der Waals surface area contributed by atoms with Crippen LogP contribution in [0.2, 0.25) is 0 Å². The van der Waals surface area contributed by atoms with Crippen LogP contribution in [0.3, 0.4) is 0 Å². The van der Waals surface area contributed by atoms with Crippen molar-refractivity contribution in [1.29, 1.82) is 0 Å². The van der Waals surface area contributed by atoms with E-state index in [1.807, 2.05) is 0 Å². The third-order valence-corrected chi connectivity index (χ3v) is 3.52. The molecule has 66 valence electrons. The molecular weight excluding hydrogens is 148 g/mol. The summed E-state index contributed by atoms with van der Waals surface area (Å²) in [4.78, 5) is 11.8. The maximum atomic E-state index is 11.8. The number of ketones is 1. The normalized spacial score (nSPS) is 28.3. The number of carbonyl (C=O) groups excluding carboxylic acids is 1. The molecule has 0 N–H and O–H groups in total. The van der Waals surface area contributed by atoms with E-state index in [0.29, 0.717) is 5.78 Å². The zero-order valence-electron chi connectivity index (χ0n) is 7.57. The molecule has 0 aromatic heterocycles. The van der Waals surface area contributed by atoms with E-state index >= 15 is 0 Å². The predicted molar refractivity (Wildman–Crippen MR) is 48.9 cm³/mol. The van der Waals surface area contributed by atoms with Crippen LogP contribution in [0, 0.1) is 5.41 Å². The highest BCUT2D eigenvalue weighted by molar-refractivity contribution is 6.01. The van der Waals surface area contributed by atoms with Crippen LogP contribution in [0.5, 0.6) is 0 Å². The van der Waals surface area contributed by atoms with Crippen LogP contribution in [0.4, 0.5) is 0 Å². The van der Waals surface area contributed by atoms with Crippen LogP contribution in [0.1, 0.15) is 44.9 Å². The van der Waals surface area contributed by atoms with Crippen LogP contribution in [0.15, 0.2) is 12.2 Å². The first-order valence-corrected chi connectivity index (χ1v) is 4.97. The van der Waals surface area contributed by atoms with Crippen LogP contribution in [-0.4, -0.2) is 5.78 Å². The molecule has 0 aliphatic heterocycles. The Labute approximate surface area is 73.8 Å². The molecule has 1 nitrogen and oxygen atoms in total. The van der Waals surface area contributed by atoms with Gasteiger partial charge in [-0.2, -0.15) is 0 Å². The minimum atomic E-state index is 0.0648. The van der Waals surface area contributed by atoms with Gasteiger partial charge in [-0.05, 0) is 31.3 Å². The molecule has 0 saturated heterocycles. The molecule has 1 heteroatoms. The predicted octanol–water partition coefficient (Wildman–Crippen LogP) is 2.86. The molecule has 12 heavy (non-hydrogen) atoms. The maximum absolute atomic E-state index is 11.8. The Kier molecular flexibility index (Phi) is 1.82. The van der Waals surface area contributed by atoms with Crippen molar-refractivity contribution in [1.82, 2.24) is 0 Å². The van der Waals surface area contributed by atoms with Gasteiger partial charge in [0.1, 0.15) is 0 Å². The van der Waals surface area contributed by atoms with E-state index in [2.05, 4.69) is 6.58 Å². The van der Waals surface area contributed by atoms with Crippen molar-refractivity contribution in [2.24, 2.45) is 5.41 Å². The van der Waals surface area contributed by atoms with Gasteiger partial charge >= 0.3 is 0 Å². The maximum Gasteiger partial charge on any atom is 0.164 e. The highest BCUT2D eigenvalue weighted by Crippen LogP contribution is 2.47. The van der Waals surface area contributed by atoms with Crippen molar-refractivity contribution in [2.75, 3.05) is 0 Å². The summed E-state index contributed by atoms with van der Waals surface area (Å²) in [6.07, 6.45) is 8.12. The fraction of sp³-hybridized carbons (Fsp3) is 0.727. The second kappa shape index (κ2) is 2.72. The van der Waals surface area contributed by atoms with E-state index < -0.39 is 0 Å². The van der Waals surface area contributed by atoms with Crippen molar-refractivity contribution in [2.45, 2.75) is 44.9 Å². The van der Waals surface area contributed by atoms with E-state index in [1.165, 1.54) is 19.3 Å². The van der Waals surface area contributed by atoms with Crippen LogP contribution >= 0.6 is 0 Å². The van der Waals surface area contributed by atoms with Gasteiger partial charge in [0.2, 0.25) is 0 Å². The Bertz CT molecular complexity index is 221. The summed E-state index contributed by atoms with van der Waals surface area (Å²) in [5.74, 6) is 0.391. The lowest BCUT2D eigenvalue weighted by molar-refractivity contribution is -0.124. The molecule has 0 bridgehead atoms. The van der Waals surface area contributed by atoms with Crippen LogP contribution < -0.4 is 0 Å². The minimum Gasteiger partial charge on any atom is -0.294 e. The molecule has 2 aliphatic carbocycles. The molecule has 0 unspecified atom stereocenters. The summed E-state index contributed by atoms with van der Waals surface area (Å²) < 4.78 is 0. The van der Waals surface area contributed by atoms with E-state index in [4.69, 9.17) is 0 Å². The van der Waals surface area contributed by atoms with Gasteiger partial charge < -0.3 is 0 Å². The van der Waals surface area contributed by atoms with Crippen molar-refractivity contribution < 1.29 is 4.79 Å². The fourth-order valence-electron chi connectivity index (χ4n) is 2.70. The topological polar surface area (TPSA) is 17.1 Å². The number of hydrogen-bond donors (Lipinski definition) is 0. The van der Waals surface area contributed by atoms with Gasteiger partial charge in [-0.1, -0.05) is 25.8 Å². The van der Waals surface area contributed by atoms with Crippen molar-refractivity contribution in [3.05, 3.63) is 12.2 Å². The third kappa shape index (κ3) is 1.03. The van der Waals surface area contributed by atoms with Gasteiger partial charge in [-0.15, -0.1) is 0 Å². The number of carbonyl (C=O) groups is 1. The van der Waals surface area contributed by atoms with Gasteiger partial charge in [0.15, 0.2) is 5.78 Å². The Balaban J connectivity index is 2.19. The molecule has 0 atom stereocenters. The van der Waals surface area contributed by atoms with Crippen molar-refractivity contribution >= 4 is 5.78 Å². The van der Waals surface area contributed by atoms with Gasteiger partial charge in [-0.3, -0.25) is 4.79 Å². The molecule has 0 amide bonds. The Hall–Kier alpha value is -0.590. The summed E-state index contributed by atoms with van der Waals surface area (Å²) >= 11 is 0. The first kappa shape index (κ1) is 8.03. The van der Waals surface area contributed by atoms with Gasteiger partial charge in [0.25, 0.3) is 0 Å². The second-order valence-corrected chi connectivity index (χ2v) is 4.27. The fourth-order valence-corrected chi connectivity index (χ4v) is 2.70. The Morgan fingerprint density at radius 2 is 1.75 bits per heavy atom. The summed E-state index contributed by atoms with van der Waals surface area (Å²) in [6.45, 7) is 3.84. The number of rotatable bonds is 0. The van der Waals surface area contributed by atoms with E-state index in [-0.39, 0.29) is 5.41 Å². The minimum absolute atomic E-state index is 0.0648. The summed E-state index contributed by atoms with van der Waals surface area (Å²) in [6, 6.07) is 0. The van der Waals surface area contributed by atoms with E-state index in [9.17, 15) is 4.79 Å². The Morgan fingerprint density at radius 3 is 2.25 bits per heavy atom. The van der Waals surface area contributed by atoms with Gasteiger partial charge in [-0.25, -0.2) is 0 Å². The highest BCUT2D eigenvalue weighted by Gasteiger charge is 2.44. The van der Waals surface area contributed by atoms with E-state index in [0.717, 1.165) is 31.3 Å². The van der Waals surface area contributed by atoms with Crippen LogP contribution in [-0.2, 0) is 4.79 Å². The lowest BCUT2D eigenvalue weighted by Crippen LogP contribution is -2.28. The SMILES string of the molecule is C=C1CCC2(CCCCC2)C1=O. The summed E-state index contributed by atoms with van der Waals surface area (Å²) in [7, 11) is 0. The van der Waals surface area contributed by atoms with Crippen molar-refractivity contribution in [3.63, 3.8) is 0 Å². The quantitative estimate of drug-likeness (QED) is 0.503. The molecule has 2 saturated carbocycles. The molecule has 0 aromatic carbocycles. The largest absolute Gasteiger partial charge is 0.294 e. The number of Topliss-reactive ketones (excluding diaryl/α,β-unsaturated/α-hetero) is 1. The molecule has 2 rings (SSSR count). The number of allylic oxidation sites excluding steroid dienone is 1. The summed E-state index contributed by atoms with van der Waals surface area (Å²) in [5, 5.41) is 0. The zero-order chi connectivity index (χ0) is 8.60. The van der Waals surface area contributed by atoms with Crippen molar-refractivity contribution in [3.8, 4) is 0 Å². The standard InChI is InChI=1S/C11H16O/c1-9-5-8-11(10(9)12)6-3-2-4-7-11/h1-8H2. The molecule has 2 aliphatic rings. The molecule has 2 fully saturated rings. The lowest BCUT2D eigenvalue weighted by Gasteiger charge is -2.31. The van der Waals surface area contributed by atoms with E-state index in [1.54, 1.807) is 0 Å². The average molecular weight is 164 g/mol. The molecule has 0 radical (unpaired) electrons. The molecular formula is C11H16O. The smallest absolute Gasteiger partial charge is 0.164 e. The molecule has 1 spiro atoms. The first-order chi connectivity index (χ1) is 5.75. The molecule has 0 aromatic rings. The van der Waals surface area contributed by atoms with Gasteiger partial charge in [0.05, 0.1) is 0 Å². The third-order valence-electron chi connectivity index (χ3n) is 3.52. The van der Waals surface area contributed by atoms with Gasteiger partial charge in [0, 0.05) is 5.41 Å². The second-order valence-electron chi connectivity index (χ2n) is 4.27. The Morgan fingerprint density at radius 1 is 1.08 bits per heavy atom. The first-order valence-electron chi connectivity index (χ1n) is 4.97.